The van der Waals surface area contributed by atoms with Crippen molar-refractivity contribution in [2.24, 2.45) is 11.8 Å². The van der Waals surface area contributed by atoms with Crippen LogP contribution in [-0.4, -0.2) is 37.2 Å². The van der Waals surface area contributed by atoms with Gasteiger partial charge in [0.15, 0.2) is 6.10 Å². The number of rotatable bonds is 50. The minimum Gasteiger partial charge on any atom is -0.462 e. The summed E-state index contributed by atoms with van der Waals surface area (Å²) in [7, 11) is 0. The van der Waals surface area contributed by atoms with E-state index < -0.39 is 6.10 Å². The lowest BCUT2D eigenvalue weighted by molar-refractivity contribution is -0.167. The van der Waals surface area contributed by atoms with Gasteiger partial charge in [-0.1, -0.05) is 272 Å². The largest absolute Gasteiger partial charge is 0.462 e. The Morgan fingerprint density at radius 2 is 0.613 bits per heavy atom. The quantitative estimate of drug-likeness (QED) is 0.0344. The van der Waals surface area contributed by atoms with Gasteiger partial charge in [0.1, 0.15) is 13.2 Å². The summed E-state index contributed by atoms with van der Waals surface area (Å²) in [6.07, 6.45) is 50.9. The van der Waals surface area contributed by atoms with Crippen LogP contribution in [0, 0.1) is 11.8 Å². The first-order valence-electron chi connectivity index (χ1n) is 27.8. The number of carbonyl (C=O) groups excluding carboxylic acids is 3. The third-order valence-electron chi connectivity index (χ3n) is 13.1. The Hall–Kier alpha value is -1.59. The second-order valence-electron chi connectivity index (χ2n) is 19.9. The Morgan fingerprint density at radius 3 is 0.919 bits per heavy atom. The van der Waals surface area contributed by atoms with Crippen LogP contribution < -0.4 is 0 Å². The third kappa shape index (κ3) is 47.9. The molecule has 0 saturated heterocycles. The molecule has 0 spiro atoms. The van der Waals surface area contributed by atoms with Gasteiger partial charge in [-0.3, -0.25) is 14.4 Å². The maximum atomic E-state index is 12.8. The molecule has 6 nitrogen and oxygen atoms in total. The van der Waals surface area contributed by atoms with Crippen molar-refractivity contribution in [3.63, 3.8) is 0 Å². The summed E-state index contributed by atoms with van der Waals surface area (Å²) in [5.41, 5.74) is 0. The highest BCUT2D eigenvalue weighted by atomic mass is 16.6. The maximum absolute atomic E-state index is 12.8. The summed E-state index contributed by atoms with van der Waals surface area (Å²) in [6, 6.07) is 0. The molecule has 0 aliphatic heterocycles. The first kappa shape index (κ1) is 60.4. The van der Waals surface area contributed by atoms with Gasteiger partial charge in [-0.15, -0.1) is 0 Å². The molecule has 0 heterocycles. The fraction of sp³-hybridized carbons (Fsp3) is 0.946. The monoisotopic (exact) mass is 877 g/mol. The van der Waals surface area contributed by atoms with Crippen LogP contribution in [0.4, 0.5) is 0 Å². The van der Waals surface area contributed by atoms with Crippen molar-refractivity contribution in [2.45, 2.75) is 317 Å². The van der Waals surface area contributed by atoms with Crippen LogP contribution in [-0.2, 0) is 28.6 Å². The molecular formula is C56H108O6. The molecule has 2 atom stereocenters. The van der Waals surface area contributed by atoms with Crippen molar-refractivity contribution >= 4 is 17.9 Å². The van der Waals surface area contributed by atoms with Gasteiger partial charge in [-0.05, 0) is 31.1 Å². The van der Waals surface area contributed by atoms with Crippen LogP contribution in [0.2, 0.25) is 0 Å². The molecular weight excluding hydrogens is 769 g/mol. The smallest absolute Gasteiger partial charge is 0.306 e. The Labute approximate surface area is 387 Å². The number of hydrogen-bond donors (Lipinski definition) is 0. The molecule has 6 heteroatoms. The second kappa shape index (κ2) is 48.9. The highest BCUT2D eigenvalue weighted by molar-refractivity contribution is 5.71. The van der Waals surface area contributed by atoms with Gasteiger partial charge >= 0.3 is 17.9 Å². The van der Waals surface area contributed by atoms with E-state index in [0.29, 0.717) is 19.3 Å². The second-order valence-corrected chi connectivity index (χ2v) is 19.9. The number of esters is 3. The zero-order valence-electron chi connectivity index (χ0n) is 42.5. The Morgan fingerprint density at radius 1 is 0.339 bits per heavy atom. The van der Waals surface area contributed by atoms with E-state index in [4.69, 9.17) is 14.2 Å². The zero-order chi connectivity index (χ0) is 45.4. The molecule has 0 radical (unpaired) electrons. The molecule has 0 rings (SSSR count). The summed E-state index contributed by atoms with van der Waals surface area (Å²) in [6.45, 7) is 11.4. The van der Waals surface area contributed by atoms with Crippen LogP contribution in [0.15, 0.2) is 0 Å². The highest BCUT2D eigenvalue weighted by Crippen LogP contribution is 2.18. The highest BCUT2D eigenvalue weighted by Gasteiger charge is 2.19. The van der Waals surface area contributed by atoms with Crippen LogP contribution in [0.3, 0.4) is 0 Å². The summed E-state index contributed by atoms with van der Waals surface area (Å²) in [4.78, 5) is 38.0. The lowest BCUT2D eigenvalue weighted by Crippen LogP contribution is -2.30. The molecule has 0 aromatic carbocycles. The fourth-order valence-corrected chi connectivity index (χ4v) is 8.49. The maximum Gasteiger partial charge on any atom is 0.306 e. The van der Waals surface area contributed by atoms with E-state index in [1.165, 1.54) is 199 Å². The van der Waals surface area contributed by atoms with Crippen molar-refractivity contribution in [1.82, 2.24) is 0 Å². The Kier molecular flexibility index (Phi) is 47.6. The average Bonchev–Trinajstić information content (AvgIpc) is 3.26. The van der Waals surface area contributed by atoms with E-state index in [1.54, 1.807) is 0 Å². The predicted octanol–water partition coefficient (Wildman–Crippen LogP) is 18.1. The normalized spacial score (nSPS) is 12.5. The molecule has 62 heavy (non-hydrogen) atoms. The molecule has 0 amide bonds. The molecule has 0 N–H and O–H groups in total. The van der Waals surface area contributed by atoms with Gasteiger partial charge in [0.25, 0.3) is 0 Å². The lowest BCUT2D eigenvalue weighted by Gasteiger charge is -2.18. The molecule has 0 bridgehead atoms. The Balaban J connectivity index is 4.23. The van der Waals surface area contributed by atoms with E-state index >= 15 is 0 Å². The van der Waals surface area contributed by atoms with Gasteiger partial charge in [0.05, 0.1) is 0 Å². The molecule has 0 fully saturated rings. The number of carbonyl (C=O) groups is 3. The van der Waals surface area contributed by atoms with E-state index in [1.807, 2.05) is 0 Å². The van der Waals surface area contributed by atoms with E-state index in [-0.39, 0.29) is 31.1 Å². The van der Waals surface area contributed by atoms with Crippen LogP contribution in [0.25, 0.3) is 0 Å². The van der Waals surface area contributed by atoms with Gasteiger partial charge in [0.2, 0.25) is 0 Å². The van der Waals surface area contributed by atoms with Crippen molar-refractivity contribution in [3.8, 4) is 0 Å². The molecule has 1 unspecified atom stereocenters. The summed E-state index contributed by atoms with van der Waals surface area (Å²) in [5, 5.41) is 0. The van der Waals surface area contributed by atoms with Gasteiger partial charge < -0.3 is 14.2 Å². The summed E-state index contributed by atoms with van der Waals surface area (Å²) >= 11 is 0. The van der Waals surface area contributed by atoms with E-state index in [0.717, 1.165) is 69.6 Å². The van der Waals surface area contributed by atoms with Gasteiger partial charge in [-0.2, -0.15) is 0 Å². The third-order valence-corrected chi connectivity index (χ3v) is 13.1. The van der Waals surface area contributed by atoms with Crippen molar-refractivity contribution in [3.05, 3.63) is 0 Å². The van der Waals surface area contributed by atoms with Gasteiger partial charge in [-0.25, -0.2) is 0 Å². The molecule has 0 aliphatic carbocycles. The number of ether oxygens (including phenoxy) is 3. The predicted molar refractivity (Wildman–Crippen MR) is 266 cm³/mol. The summed E-state index contributed by atoms with van der Waals surface area (Å²) < 4.78 is 16.8. The number of unbranched alkanes of at least 4 members (excludes halogenated alkanes) is 34. The average molecular weight is 877 g/mol. The fourth-order valence-electron chi connectivity index (χ4n) is 8.49. The van der Waals surface area contributed by atoms with Crippen molar-refractivity contribution in [2.75, 3.05) is 13.2 Å². The van der Waals surface area contributed by atoms with Gasteiger partial charge in [0, 0.05) is 19.3 Å². The minimum absolute atomic E-state index is 0.0631. The topological polar surface area (TPSA) is 78.9 Å². The van der Waals surface area contributed by atoms with Crippen LogP contribution in [0.1, 0.15) is 311 Å². The van der Waals surface area contributed by atoms with Crippen LogP contribution >= 0.6 is 0 Å². The first-order chi connectivity index (χ1) is 30.3. The molecule has 0 aromatic rings. The van der Waals surface area contributed by atoms with Crippen molar-refractivity contribution < 1.29 is 28.6 Å². The standard InChI is InChI=1S/C56H108O6/c1-6-8-9-10-11-24-31-36-41-46-54(57)60-49-53(62-56(59)48-43-38-33-28-23-19-14-12-16-20-25-29-34-39-44-51(3)4)50-61-55(58)47-42-37-32-27-22-18-15-13-17-21-26-30-35-40-45-52(5)7-2/h51-53H,6-50H2,1-5H3/t52?,53-/m0/s1. The van der Waals surface area contributed by atoms with E-state index in [2.05, 4.69) is 34.6 Å². The molecule has 0 saturated carbocycles. The molecule has 0 aromatic heterocycles. The minimum atomic E-state index is -0.761. The van der Waals surface area contributed by atoms with E-state index in [9.17, 15) is 14.4 Å². The first-order valence-corrected chi connectivity index (χ1v) is 27.8. The zero-order valence-corrected chi connectivity index (χ0v) is 42.5. The molecule has 368 valence electrons. The van der Waals surface area contributed by atoms with Crippen LogP contribution in [0.5, 0.6) is 0 Å². The Bertz CT molecular complexity index is 949. The lowest BCUT2D eigenvalue weighted by atomic mass is 9.99. The summed E-state index contributed by atoms with van der Waals surface area (Å²) in [5.74, 6) is 0.894. The van der Waals surface area contributed by atoms with Crippen molar-refractivity contribution in [1.29, 1.82) is 0 Å². The molecule has 0 aliphatic rings. The number of hydrogen-bond acceptors (Lipinski definition) is 6. The SMILES string of the molecule is CCCCCCCCCCCC(=O)OC[C@@H](COC(=O)CCCCCCCCCCCCCCCCC(C)CC)OC(=O)CCCCCCCCCCCCCCCCC(C)C.